The van der Waals surface area contributed by atoms with Crippen molar-refractivity contribution in [2.24, 2.45) is 11.8 Å². The molecule has 3 aliphatic rings. The molecule has 2 fully saturated rings. The summed E-state index contributed by atoms with van der Waals surface area (Å²) in [6, 6.07) is 14.8. The Labute approximate surface area is 190 Å². The topological polar surface area (TPSA) is 45.2 Å². The van der Waals surface area contributed by atoms with Crippen LogP contribution < -0.4 is 5.32 Å². The lowest BCUT2D eigenvalue weighted by molar-refractivity contribution is -0.141. The minimum absolute atomic E-state index is 0.0427. The predicted molar refractivity (Wildman–Crippen MR) is 124 cm³/mol. The Balaban J connectivity index is 1.49. The number of benzene rings is 1. The van der Waals surface area contributed by atoms with Crippen LogP contribution in [-0.2, 0) is 16.6 Å². The van der Waals surface area contributed by atoms with Crippen molar-refractivity contribution in [3.8, 4) is 0 Å². The average Bonchev–Trinajstić information content (AvgIpc) is 3.22. The summed E-state index contributed by atoms with van der Waals surface area (Å²) in [5, 5.41) is 4.13. The fourth-order valence-corrected chi connectivity index (χ4v) is 6.48. The second-order valence-electron chi connectivity index (χ2n) is 9.58. The first kappa shape index (κ1) is 21.0. The highest BCUT2D eigenvalue weighted by molar-refractivity contribution is 6.29. The molecule has 4 atom stereocenters. The molecular weight excluding hydrogens is 406 g/mol. The SMILES string of the molecule is CCC1CCN(C(=O)C2CNCC23CCCc2nc(Cl)ccc23)C(c2ccccc2)C1. The Morgan fingerprint density at radius 1 is 1.26 bits per heavy atom. The quantitative estimate of drug-likeness (QED) is 0.693. The lowest BCUT2D eigenvalue weighted by Gasteiger charge is -2.45. The number of halogens is 1. The number of aryl methyl sites for hydroxylation is 1. The molecule has 1 aromatic carbocycles. The van der Waals surface area contributed by atoms with Gasteiger partial charge in [0.1, 0.15) is 5.15 Å². The van der Waals surface area contributed by atoms with Crippen molar-refractivity contribution in [3.05, 3.63) is 64.4 Å². The zero-order chi connectivity index (χ0) is 21.4. The molecule has 1 N–H and O–H groups in total. The predicted octanol–water partition coefficient (Wildman–Crippen LogP) is 4.92. The molecular formula is C26H32ClN3O. The van der Waals surface area contributed by atoms with Gasteiger partial charge in [-0.3, -0.25) is 4.79 Å². The number of piperidine rings is 1. The zero-order valence-electron chi connectivity index (χ0n) is 18.3. The summed E-state index contributed by atoms with van der Waals surface area (Å²) in [6.45, 7) is 4.73. The zero-order valence-corrected chi connectivity index (χ0v) is 19.1. The maximum absolute atomic E-state index is 14.2. The minimum Gasteiger partial charge on any atom is -0.335 e. The third-order valence-corrected chi connectivity index (χ3v) is 8.23. The van der Waals surface area contributed by atoms with E-state index >= 15 is 0 Å². The van der Waals surface area contributed by atoms with Crippen LogP contribution >= 0.6 is 11.6 Å². The largest absolute Gasteiger partial charge is 0.335 e. The van der Waals surface area contributed by atoms with Crippen LogP contribution in [0, 0.1) is 11.8 Å². The highest BCUT2D eigenvalue weighted by Gasteiger charge is 2.52. The maximum Gasteiger partial charge on any atom is 0.228 e. The number of nitrogens with one attached hydrogen (secondary N) is 1. The molecule has 1 aliphatic carbocycles. The number of carbonyl (C=O) groups excluding carboxylic acids is 1. The van der Waals surface area contributed by atoms with Gasteiger partial charge in [0.25, 0.3) is 0 Å². The molecule has 164 valence electrons. The summed E-state index contributed by atoms with van der Waals surface area (Å²) < 4.78 is 0. The number of hydrogen-bond donors (Lipinski definition) is 1. The smallest absolute Gasteiger partial charge is 0.228 e. The maximum atomic E-state index is 14.2. The third-order valence-electron chi connectivity index (χ3n) is 8.02. The summed E-state index contributed by atoms with van der Waals surface area (Å²) >= 11 is 6.20. The Kier molecular flexibility index (Phi) is 5.78. The van der Waals surface area contributed by atoms with E-state index < -0.39 is 0 Å². The van der Waals surface area contributed by atoms with Crippen molar-refractivity contribution in [2.75, 3.05) is 19.6 Å². The van der Waals surface area contributed by atoms with Crippen molar-refractivity contribution in [1.82, 2.24) is 15.2 Å². The van der Waals surface area contributed by atoms with Gasteiger partial charge in [-0.1, -0.05) is 61.3 Å². The summed E-state index contributed by atoms with van der Waals surface area (Å²) in [6.07, 6.45) is 6.40. The van der Waals surface area contributed by atoms with Crippen molar-refractivity contribution < 1.29 is 4.79 Å². The van der Waals surface area contributed by atoms with E-state index in [2.05, 4.69) is 58.5 Å². The number of nitrogens with zero attached hydrogens (tertiary/aromatic N) is 2. The van der Waals surface area contributed by atoms with Crippen LogP contribution in [0.2, 0.25) is 5.15 Å². The summed E-state index contributed by atoms with van der Waals surface area (Å²) in [5.74, 6) is 0.960. The van der Waals surface area contributed by atoms with E-state index in [-0.39, 0.29) is 17.4 Å². The molecule has 1 aromatic heterocycles. The Hall–Kier alpha value is -1.91. The van der Waals surface area contributed by atoms with Crippen molar-refractivity contribution in [3.63, 3.8) is 0 Å². The standard InChI is InChI=1S/C26H32ClN3O/c1-2-18-12-14-30(23(15-18)19-7-4-3-5-8-19)25(31)21-16-28-17-26(21)13-6-9-22-20(26)10-11-24(27)29-22/h3-5,7-8,10-11,18,21,23,28H,2,6,9,12-17H2,1H3. The number of amides is 1. The first-order valence-electron chi connectivity index (χ1n) is 11.8. The number of carbonyl (C=O) groups is 1. The molecule has 0 bridgehead atoms. The monoisotopic (exact) mass is 437 g/mol. The highest BCUT2D eigenvalue weighted by Crippen LogP contribution is 2.47. The van der Waals surface area contributed by atoms with Gasteiger partial charge in [-0.15, -0.1) is 0 Å². The summed E-state index contributed by atoms with van der Waals surface area (Å²) in [7, 11) is 0. The molecule has 5 heteroatoms. The van der Waals surface area contributed by atoms with E-state index in [4.69, 9.17) is 11.6 Å². The molecule has 4 unspecified atom stereocenters. The average molecular weight is 438 g/mol. The van der Waals surface area contributed by atoms with Gasteiger partial charge in [0.05, 0.1) is 12.0 Å². The second kappa shape index (κ2) is 8.55. The summed E-state index contributed by atoms with van der Waals surface area (Å²) in [5.41, 5.74) is 3.44. The molecule has 2 aromatic rings. The van der Waals surface area contributed by atoms with E-state index in [1.54, 1.807) is 0 Å². The molecule has 1 amide bonds. The normalized spacial score (nSPS) is 30.4. The number of likely N-dealkylation sites (tertiary alicyclic amines) is 1. The van der Waals surface area contributed by atoms with Crippen molar-refractivity contribution >= 4 is 17.5 Å². The van der Waals surface area contributed by atoms with Gasteiger partial charge in [0.15, 0.2) is 0 Å². The molecule has 4 nitrogen and oxygen atoms in total. The van der Waals surface area contributed by atoms with Crippen LogP contribution in [0.15, 0.2) is 42.5 Å². The van der Waals surface area contributed by atoms with Gasteiger partial charge >= 0.3 is 0 Å². The Morgan fingerprint density at radius 2 is 2.10 bits per heavy atom. The first-order valence-corrected chi connectivity index (χ1v) is 12.2. The Bertz CT molecular complexity index is 949. The van der Waals surface area contributed by atoms with Gasteiger partial charge in [-0.2, -0.15) is 0 Å². The molecule has 31 heavy (non-hydrogen) atoms. The number of aromatic nitrogens is 1. The van der Waals surface area contributed by atoms with E-state index in [1.165, 1.54) is 17.5 Å². The van der Waals surface area contributed by atoms with Crippen LogP contribution in [0.4, 0.5) is 0 Å². The molecule has 3 heterocycles. The minimum atomic E-state index is -0.162. The number of fused-ring (bicyclic) bond motifs is 2. The Morgan fingerprint density at radius 3 is 2.90 bits per heavy atom. The lowest BCUT2D eigenvalue weighted by Crippen LogP contribution is -2.50. The molecule has 5 rings (SSSR count). The van der Waals surface area contributed by atoms with Gasteiger partial charge in [0, 0.05) is 30.7 Å². The molecule has 2 aliphatic heterocycles. The van der Waals surface area contributed by atoms with Gasteiger partial charge in [-0.25, -0.2) is 4.98 Å². The van der Waals surface area contributed by atoms with E-state index in [0.717, 1.165) is 57.4 Å². The van der Waals surface area contributed by atoms with Crippen LogP contribution in [-0.4, -0.2) is 35.4 Å². The lowest BCUT2D eigenvalue weighted by atomic mass is 9.65. The van der Waals surface area contributed by atoms with Crippen LogP contribution in [0.3, 0.4) is 0 Å². The molecule has 1 spiro atoms. The highest BCUT2D eigenvalue weighted by atomic mass is 35.5. The third kappa shape index (κ3) is 3.68. The number of hydrogen-bond acceptors (Lipinski definition) is 3. The molecule has 0 radical (unpaired) electrons. The fourth-order valence-electron chi connectivity index (χ4n) is 6.32. The first-order chi connectivity index (χ1) is 15.1. The van der Waals surface area contributed by atoms with Gasteiger partial charge < -0.3 is 10.2 Å². The van der Waals surface area contributed by atoms with Crippen LogP contribution in [0.1, 0.15) is 61.9 Å². The van der Waals surface area contributed by atoms with Crippen LogP contribution in [0.5, 0.6) is 0 Å². The van der Waals surface area contributed by atoms with Gasteiger partial charge in [-0.05, 0) is 55.2 Å². The van der Waals surface area contributed by atoms with E-state index in [1.807, 2.05) is 6.07 Å². The van der Waals surface area contributed by atoms with E-state index in [0.29, 0.717) is 17.0 Å². The summed E-state index contributed by atoms with van der Waals surface area (Å²) in [4.78, 5) is 21.0. The molecule has 0 saturated carbocycles. The van der Waals surface area contributed by atoms with Crippen molar-refractivity contribution in [1.29, 1.82) is 0 Å². The number of pyridine rings is 1. The number of rotatable bonds is 3. The van der Waals surface area contributed by atoms with E-state index in [9.17, 15) is 4.79 Å². The van der Waals surface area contributed by atoms with Gasteiger partial charge in [0.2, 0.25) is 5.91 Å². The van der Waals surface area contributed by atoms with Crippen LogP contribution in [0.25, 0.3) is 0 Å². The molecule has 2 saturated heterocycles. The van der Waals surface area contributed by atoms with Crippen molar-refractivity contribution in [2.45, 2.75) is 56.9 Å². The second-order valence-corrected chi connectivity index (χ2v) is 9.97. The fraction of sp³-hybridized carbons (Fsp3) is 0.538.